The molecule has 1 aliphatic heterocycles. The highest BCUT2D eigenvalue weighted by atomic mass is 15.1. The van der Waals surface area contributed by atoms with Gasteiger partial charge in [-0.3, -0.25) is 0 Å². The van der Waals surface area contributed by atoms with Crippen LogP contribution in [0.15, 0.2) is 60.9 Å². The van der Waals surface area contributed by atoms with Gasteiger partial charge in [-0.1, -0.05) is 61.5 Å². The summed E-state index contributed by atoms with van der Waals surface area (Å²) in [6.07, 6.45) is 3.88. The van der Waals surface area contributed by atoms with Gasteiger partial charge in [-0.2, -0.15) is 0 Å². The molecule has 0 amide bonds. The first kappa shape index (κ1) is 16.3. The molecule has 0 fully saturated rings. The number of rotatable bonds is 1. The SMILES string of the molecule is C[C@@H]1CCn2c(nc3c(-c4ccc5ccc6cccc7ccc4c5c67)ncnc32)C1. The summed E-state index contributed by atoms with van der Waals surface area (Å²) in [5.74, 6) is 1.81. The number of nitrogens with zero attached hydrogens (tertiary/aromatic N) is 4. The number of imidazole rings is 1. The summed E-state index contributed by atoms with van der Waals surface area (Å²) in [6, 6.07) is 19.9. The van der Waals surface area contributed by atoms with Gasteiger partial charge in [-0.15, -0.1) is 0 Å². The first-order chi connectivity index (χ1) is 14.8. The summed E-state index contributed by atoms with van der Waals surface area (Å²) >= 11 is 0. The summed E-state index contributed by atoms with van der Waals surface area (Å²) in [5, 5.41) is 7.70. The third-order valence-electron chi connectivity index (χ3n) is 6.77. The summed E-state index contributed by atoms with van der Waals surface area (Å²) in [6.45, 7) is 3.29. The van der Waals surface area contributed by atoms with Gasteiger partial charge in [0.1, 0.15) is 23.4 Å². The van der Waals surface area contributed by atoms with Crippen LogP contribution in [0, 0.1) is 5.92 Å². The summed E-state index contributed by atoms with van der Waals surface area (Å²) in [4.78, 5) is 14.4. The Balaban J connectivity index is 1.58. The van der Waals surface area contributed by atoms with Crippen LogP contribution in [-0.2, 0) is 13.0 Å². The van der Waals surface area contributed by atoms with Crippen molar-refractivity contribution in [2.45, 2.75) is 26.3 Å². The van der Waals surface area contributed by atoms with Crippen LogP contribution in [0.2, 0.25) is 0 Å². The minimum absolute atomic E-state index is 0.667. The molecule has 30 heavy (non-hydrogen) atoms. The van der Waals surface area contributed by atoms with E-state index < -0.39 is 0 Å². The van der Waals surface area contributed by atoms with Crippen LogP contribution in [-0.4, -0.2) is 19.5 Å². The molecule has 6 aromatic rings. The fraction of sp³-hybridized carbons (Fsp3) is 0.192. The molecule has 0 spiro atoms. The lowest BCUT2D eigenvalue weighted by atomic mass is 9.91. The van der Waals surface area contributed by atoms with Crippen LogP contribution in [0.3, 0.4) is 0 Å². The first-order valence-electron chi connectivity index (χ1n) is 10.6. The van der Waals surface area contributed by atoms with Gasteiger partial charge < -0.3 is 4.57 Å². The van der Waals surface area contributed by atoms with Crippen molar-refractivity contribution in [1.29, 1.82) is 0 Å². The molecule has 1 atom stereocenters. The maximum Gasteiger partial charge on any atom is 0.164 e. The predicted molar refractivity (Wildman–Crippen MR) is 122 cm³/mol. The normalized spacial score (nSPS) is 16.8. The van der Waals surface area contributed by atoms with Gasteiger partial charge >= 0.3 is 0 Å². The van der Waals surface area contributed by atoms with Gasteiger partial charge in [0.05, 0.1) is 0 Å². The smallest absolute Gasteiger partial charge is 0.164 e. The molecule has 2 aromatic heterocycles. The van der Waals surface area contributed by atoms with Crippen molar-refractivity contribution in [3.63, 3.8) is 0 Å². The Morgan fingerprint density at radius 2 is 1.63 bits per heavy atom. The van der Waals surface area contributed by atoms with Crippen LogP contribution in [0.1, 0.15) is 19.2 Å². The number of benzene rings is 4. The van der Waals surface area contributed by atoms with E-state index in [4.69, 9.17) is 9.97 Å². The Kier molecular flexibility index (Phi) is 3.13. The van der Waals surface area contributed by atoms with Crippen molar-refractivity contribution in [3.8, 4) is 11.3 Å². The zero-order valence-corrected chi connectivity index (χ0v) is 16.8. The van der Waals surface area contributed by atoms with Crippen molar-refractivity contribution < 1.29 is 0 Å². The number of aromatic nitrogens is 4. The fourth-order valence-corrected chi connectivity index (χ4v) is 5.27. The van der Waals surface area contributed by atoms with E-state index in [0.29, 0.717) is 5.92 Å². The Morgan fingerprint density at radius 1 is 0.867 bits per heavy atom. The topological polar surface area (TPSA) is 43.6 Å². The lowest BCUT2D eigenvalue weighted by Gasteiger charge is -2.19. The standard InChI is InChI=1S/C26H20N4/c1-15-11-12-30-21(13-15)29-25-24(27-14-28-26(25)30)20-10-8-18-6-5-16-3-2-4-17-7-9-19(20)23(18)22(16)17/h2-10,14-15H,11-13H2,1H3/t15-/m1/s1. The Bertz CT molecular complexity index is 1580. The second-order valence-electron chi connectivity index (χ2n) is 8.64. The monoisotopic (exact) mass is 388 g/mol. The number of hydrogen-bond donors (Lipinski definition) is 0. The Morgan fingerprint density at radius 3 is 2.50 bits per heavy atom. The minimum atomic E-state index is 0.667. The van der Waals surface area contributed by atoms with E-state index >= 15 is 0 Å². The van der Waals surface area contributed by atoms with Crippen molar-refractivity contribution in [3.05, 3.63) is 66.7 Å². The van der Waals surface area contributed by atoms with Crippen molar-refractivity contribution in [2.24, 2.45) is 5.92 Å². The molecule has 7 rings (SSSR count). The van der Waals surface area contributed by atoms with E-state index in [1.165, 1.54) is 38.7 Å². The predicted octanol–water partition coefficient (Wildman–Crippen LogP) is 5.97. The molecule has 4 nitrogen and oxygen atoms in total. The molecule has 0 aliphatic carbocycles. The largest absolute Gasteiger partial charge is 0.313 e. The highest BCUT2D eigenvalue weighted by Gasteiger charge is 2.23. The van der Waals surface area contributed by atoms with Crippen LogP contribution in [0.4, 0.5) is 0 Å². The second-order valence-corrected chi connectivity index (χ2v) is 8.64. The zero-order valence-electron chi connectivity index (χ0n) is 16.8. The van der Waals surface area contributed by atoms with Crippen LogP contribution in [0.5, 0.6) is 0 Å². The van der Waals surface area contributed by atoms with Gasteiger partial charge in [-0.05, 0) is 44.7 Å². The quantitative estimate of drug-likeness (QED) is 0.326. The summed E-state index contributed by atoms with van der Waals surface area (Å²) in [5.41, 5.74) is 3.97. The van der Waals surface area contributed by atoms with E-state index in [1.807, 2.05) is 0 Å². The van der Waals surface area contributed by atoms with E-state index in [2.05, 4.69) is 71.1 Å². The van der Waals surface area contributed by atoms with Gasteiger partial charge in [0.25, 0.3) is 0 Å². The Labute approximate surface area is 173 Å². The number of hydrogen-bond acceptors (Lipinski definition) is 3. The minimum Gasteiger partial charge on any atom is -0.313 e. The molecule has 4 aromatic carbocycles. The average Bonchev–Trinajstić information content (AvgIpc) is 3.15. The van der Waals surface area contributed by atoms with E-state index in [9.17, 15) is 0 Å². The molecule has 144 valence electrons. The first-order valence-corrected chi connectivity index (χ1v) is 10.6. The van der Waals surface area contributed by atoms with Crippen molar-refractivity contribution in [2.75, 3.05) is 0 Å². The van der Waals surface area contributed by atoms with Crippen molar-refractivity contribution in [1.82, 2.24) is 19.5 Å². The molecule has 0 unspecified atom stereocenters. The zero-order chi connectivity index (χ0) is 19.8. The van der Waals surface area contributed by atoms with E-state index in [-0.39, 0.29) is 0 Å². The molecule has 0 saturated heterocycles. The third-order valence-corrected chi connectivity index (χ3v) is 6.77. The molecule has 0 N–H and O–H groups in total. The molecule has 0 saturated carbocycles. The lowest BCUT2D eigenvalue weighted by molar-refractivity contribution is 0.414. The van der Waals surface area contributed by atoms with Crippen LogP contribution >= 0.6 is 0 Å². The van der Waals surface area contributed by atoms with Crippen LogP contribution in [0.25, 0.3) is 54.7 Å². The number of fused-ring (bicyclic) bond motifs is 3. The number of aryl methyl sites for hydroxylation is 1. The molecule has 0 bridgehead atoms. The fourth-order valence-electron chi connectivity index (χ4n) is 5.27. The van der Waals surface area contributed by atoms with E-state index in [1.54, 1.807) is 6.33 Å². The molecular formula is C26H20N4. The van der Waals surface area contributed by atoms with Gasteiger partial charge in [0.2, 0.25) is 0 Å². The maximum absolute atomic E-state index is 5.03. The molecule has 1 aliphatic rings. The summed E-state index contributed by atoms with van der Waals surface area (Å²) < 4.78 is 2.29. The average molecular weight is 388 g/mol. The Hall–Kier alpha value is -3.53. The molecule has 0 radical (unpaired) electrons. The third kappa shape index (κ3) is 2.08. The van der Waals surface area contributed by atoms with Gasteiger partial charge in [-0.25, -0.2) is 15.0 Å². The van der Waals surface area contributed by atoms with Crippen LogP contribution < -0.4 is 0 Å². The molecular weight excluding hydrogens is 368 g/mol. The molecule has 4 heteroatoms. The molecule has 3 heterocycles. The summed E-state index contributed by atoms with van der Waals surface area (Å²) in [7, 11) is 0. The second kappa shape index (κ2) is 5.76. The highest BCUT2D eigenvalue weighted by molar-refractivity contribution is 6.25. The highest BCUT2D eigenvalue weighted by Crippen LogP contribution is 2.40. The van der Waals surface area contributed by atoms with Gasteiger partial charge in [0, 0.05) is 18.5 Å². The lowest BCUT2D eigenvalue weighted by Crippen LogP contribution is -2.17. The van der Waals surface area contributed by atoms with E-state index in [0.717, 1.165) is 41.2 Å². The van der Waals surface area contributed by atoms with Gasteiger partial charge in [0.15, 0.2) is 5.65 Å². The van der Waals surface area contributed by atoms with Crippen molar-refractivity contribution >= 4 is 43.5 Å². The maximum atomic E-state index is 5.03.